The first-order valence-electron chi connectivity index (χ1n) is 10.3. The minimum atomic E-state index is -0.630. The maximum atomic E-state index is 14.0. The fourth-order valence-corrected chi connectivity index (χ4v) is 4.15. The van der Waals surface area contributed by atoms with Crippen LogP contribution in [0.25, 0.3) is 6.08 Å². The number of methoxy groups -OCH3 is 1. The Balaban J connectivity index is 1.54. The van der Waals surface area contributed by atoms with Gasteiger partial charge in [0.05, 0.1) is 23.7 Å². The number of benzene rings is 3. The molecule has 0 radical (unpaired) electrons. The predicted octanol–water partition coefficient (Wildman–Crippen LogP) is 6.58. The van der Waals surface area contributed by atoms with Crippen molar-refractivity contribution in [2.75, 3.05) is 7.11 Å². The van der Waals surface area contributed by atoms with E-state index < -0.39 is 17.8 Å². The molecule has 1 saturated heterocycles. The van der Waals surface area contributed by atoms with Crippen molar-refractivity contribution < 1.29 is 23.5 Å². The fraction of sp³-hybridized carbons (Fsp3) is 0.120. The van der Waals surface area contributed by atoms with Gasteiger partial charge in [0.15, 0.2) is 11.5 Å². The number of nitrogens with one attached hydrogen (secondary N) is 1. The number of imide groups is 1. The Kier molecular flexibility index (Phi) is 7.64. The van der Waals surface area contributed by atoms with Gasteiger partial charge in [0.25, 0.3) is 5.91 Å². The number of amides is 3. The van der Waals surface area contributed by atoms with Crippen LogP contribution in [-0.4, -0.2) is 23.9 Å². The van der Waals surface area contributed by atoms with Crippen LogP contribution >= 0.6 is 39.1 Å². The minimum Gasteiger partial charge on any atom is -0.493 e. The Morgan fingerprint density at radius 2 is 1.83 bits per heavy atom. The Morgan fingerprint density at radius 3 is 2.54 bits per heavy atom. The maximum Gasteiger partial charge on any atom is 0.329 e. The molecular formula is C25H18BrCl2FN2O4. The Bertz CT molecular complexity index is 1350. The smallest absolute Gasteiger partial charge is 0.329 e. The van der Waals surface area contributed by atoms with Gasteiger partial charge in [-0.1, -0.05) is 63.4 Å². The second-order valence-electron chi connectivity index (χ2n) is 7.53. The molecule has 3 aromatic rings. The maximum absolute atomic E-state index is 14.0. The molecule has 1 aliphatic rings. The molecule has 4 rings (SSSR count). The minimum absolute atomic E-state index is 0.0542. The summed E-state index contributed by atoms with van der Waals surface area (Å²) >= 11 is 15.5. The normalized spacial score (nSPS) is 14.4. The number of carbonyl (C=O) groups excluding carboxylic acids is 2. The van der Waals surface area contributed by atoms with Crippen molar-refractivity contribution in [3.63, 3.8) is 0 Å². The first-order chi connectivity index (χ1) is 16.8. The Morgan fingerprint density at radius 1 is 1.06 bits per heavy atom. The van der Waals surface area contributed by atoms with E-state index in [1.165, 1.54) is 25.3 Å². The summed E-state index contributed by atoms with van der Waals surface area (Å²) in [4.78, 5) is 26.2. The van der Waals surface area contributed by atoms with Gasteiger partial charge >= 0.3 is 6.03 Å². The molecule has 10 heteroatoms. The lowest BCUT2D eigenvalue weighted by atomic mass is 10.1. The molecule has 0 bridgehead atoms. The van der Waals surface area contributed by atoms with Crippen LogP contribution in [0.5, 0.6) is 11.5 Å². The summed E-state index contributed by atoms with van der Waals surface area (Å²) in [5, 5.41) is 3.42. The summed E-state index contributed by atoms with van der Waals surface area (Å²) in [6, 6.07) is 13.9. The van der Waals surface area contributed by atoms with Crippen molar-refractivity contribution >= 4 is 57.1 Å². The van der Waals surface area contributed by atoms with Crippen molar-refractivity contribution in [2.45, 2.75) is 13.2 Å². The van der Waals surface area contributed by atoms with E-state index in [1.54, 1.807) is 42.5 Å². The third-order valence-corrected chi connectivity index (χ3v) is 6.64. The lowest BCUT2D eigenvalue weighted by Crippen LogP contribution is -2.30. The highest BCUT2D eigenvalue weighted by Crippen LogP contribution is 2.36. The van der Waals surface area contributed by atoms with Crippen LogP contribution in [0.2, 0.25) is 10.0 Å². The molecule has 180 valence electrons. The molecule has 1 fully saturated rings. The van der Waals surface area contributed by atoms with E-state index in [-0.39, 0.29) is 24.4 Å². The van der Waals surface area contributed by atoms with E-state index in [1.807, 2.05) is 0 Å². The molecule has 6 nitrogen and oxygen atoms in total. The highest BCUT2D eigenvalue weighted by molar-refractivity contribution is 9.10. The number of nitrogens with zero attached hydrogens (tertiary/aromatic N) is 1. The quantitative estimate of drug-likeness (QED) is 0.254. The van der Waals surface area contributed by atoms with Crippen LogP contribution in [0.4, 0.5) is 9.18 Å². The van der Waals surface area contributed by atoms with Crippen LogP contribution in [-0.2, 0) is 17.9 Å². The zero-order chi connectivity index (χ0) is 25.1. The lowest BCUT2D eigenvalue weighted by Gasteiger charge is -2.13. The second kappa shape index (κ2) is 10.7. The third kappa shape index (κ3) is 5.61. The van der Waals surface area contributed by atoms with Crippen LogP contribution in [0.3, 0.4) is 0 Å². The highest BCUT2D eigenvalue weighted by Gasteiger charge is 2.34. The topological polar surface area (TPSA) is 67.9 Å². The molecule has 0 aromatic heterocycles. The molecule has 1 N–H and O–H groups in total. The molecule has 35 heavy (non-hydrogen) atoms. The number of carbonyl (C=O) groups is 2. The number of halogens is 4. The fourth-order valence-electron chi connectivity index (χ4n) is 3.39. The van der Waals surface area contributed by atoms with Crippen molar-refractivity contribution in [3.05, 3.63) is 97.3 Å². The molecule has 0 atom stereocenters. The van der Waals surface area contributed by atoms with E-state index in [0.717, 1.165) is 10.5 Å². The number of urea groups is 1. The summed E-state index contributed by atoms with van der Waals surface area (Å²) in [5.74, 6) is -0.186. The van der Waals surface area contributed by atoms with Gasteiger partial charge < -0.3 is 14.8 Å². The van der Waals surface area contributed by atoms with Gasteiger partial charge in [-0.25, -0.2) is 9.18 Å². The van der Waals surface area contributed by atoms with Gasteiger partial charge in [-0.3, -0.25) is 9.69 Å². The first-order valence-corrected chi connectivity index (χ1v) is 11.8. The molecule has 1 aliphatic heterocycles. The molecule has 3 amide bonds. The van der Waals surface area contributed by atoms with Crippen molar-refractivity contribution in [3.8, 4) is 11.5 Å². The summed E-state index contributed by atoms with van der Waals surface area (Å²) in [5.41, 5.74) is 1.68. The molecule has 0 unspecified atom stereocenters. The van der Waals surface area contributed by atoms with Crippen LogP contribution in [0.15, 0.2) is 64.8 Å². The van der Waals surface area contributed by atoms with Gasteiger partial charge in [-0.05, 0) is 47.5 Å². The number of ether oxygens (including phenoxy) is 2. The van der Waals surface area contributed by atoms with Gasteiger partial charge in [0, 0.05) is 10.0 Å². The molecule has 3 aromatic carbocycles. The second-order valence-corrected chi connectivity index (χ2v) is 9.20. The SMILES string of the molecule is COc1cc(/C=C2/NC(=O)N(Cc3ccccc3F)C2=O)c(Br)cc1OCc1ccc(Cl)c(Cl)c1. The summed E-state index contributed by atoms with van der Waals surface area (Å²) < 4.78 is 25.9. The summed E-state index contributed by atoms with van der Waals surface area (Å²) in [7, 11) is 1.49. The average molecular weight is 580 g/mol. The number of hydrogen-bond donors (Lipinski definition) is 1. The van der Waals surface area contributed by atoms with Gasteiger partial charge in [0.2, 0.25) is 0 Å². The molecule has 0 aliphatic carbocycles. The summed E-state index contributed by atoms with van der Waals surface area (Å²) in [6.07, 6.45) is 1.51. The molecule has 0 spiro atoms. The van der Waals surface area contributed by atoms with Crippen molar-refractivity contribution in [2.24, 2.45) is 0 Å². The predicted molar refractivity (Wildman–Crippen MR) is 135 cm³/mol. The Labute approximate surface area is 219 Å². The first kappa shape index (κ1) is 25.0. The van der Waals surface area contributed by atoms with E-state index in [2.05, 4.69) is 21.2 Å². The largest absolute Gasteiger partial charge is 0.493 e. The zero-order valence-corrected chi connectivity index (χ0v) is 21.4. The van der Waals surface area contributed by atoms with Crippen molar-refractivity contribution in [1.29, 1.82) is 0 Å². The Hall–Kier alpha value is -3.07. The van der Waals surface area contributed by atoms with Gasteiger partial charge in [0.1, 0.15) is 18.1 Å². The van der Waals surface area contributed by atoms with E-state index >= 15 is 0 Å². The summed E-state index contributed by atoms with van der Waals surface area (Å²) in [6.45, 7) is 0.0420. The highest BCUT2D eigenvalue weighted by atomic mass is 79.9. The average Bonchev–Trinajstić information content (AvgIpc) is 3.09. The zero-order valence-electron chi connectivity index (χ0n) is 18.3. The van der Waals surface area contributed by atoms with E-state index in [0.29, 0.717) is 31.6 Å². The van der Waals surface area contributed by atoms with Crippen LogP contribution < -0.4 is 14.8 Å². The monoisotopic (exact) mass is 578 g/mol. The lowest BCUT2D eigenvalue weighted by molar-refractivity contribution is -0.123. The standard InChI is InChI=1S/C25H18BrCl2FN2O4/c1-34-22-10-16(17(26)11-23(22)35-13-14-6-7-18(27)19(28)8-14)9-21-24(32)31(25(33)30-21)12-15-4-2-3-5-20(15)29/h2-11H,12-13H2,1H3,(H,30,33)/b21-9+. The van der Waals surface area contributed by atoms with Gasteiger partial charge in [-0.15, -0.1) is 0 Å². The molecule has 0 saturated carbocycles. The number of hydrogen-bond acceptors (Lipinski definition) is 4. The van der Waals surface area contributed by atoms with Crippen molar-refractivity contribution in [1.82, 2.24) is 10.2 Å². The molecule has 1 heterocycles. The van der Waals surface area contributed by atoms with E-state index in [4.69, 9.17) is 32.7 Å². The van der Waals surface area contributed by atoms with Crippen LogP contribution in [0, 0.1) is 5.82 Å². The van der Waals surface area contributed by atoms with Crippen LogP contribution in [0.1, 0.15) is 16.7 Å². The van der Waals surface area contributed by atoms with Gasteiger partial charge in [-0.2, -0.15) is 0 Å². The third-order valence-electron chi connectivity index (χ3n) is 5.21. The number of rotatable bonds is 7. The molecular weight excluding hydrogens is 562 g/mol. The van der Waals surface area contributed by atoms with E-state index in [9.17, 15) is 14.0 Å².